The lowest BCUT2D eigenvalue weighted by molar-refractivity contribution is 0.213. The van der Waals surface area contributed by atoms with Crippen molar-refractivity contribution in [1.29, 1.82) is 0 Å². The van der Waals surface area contributed by atoms with E-state index in [2.05, 4.69) is 34.2 Å². The van der Waals surface area contributed by atoms with Crippen LogP contribution in [0.2, 0.25) is 0 Å². The van der Waals surface area contributed by atoms with Crippen LogP contribution in [0.1, 0.15) is 23.2 Å². The van der Waals surface area contributed by atoms with E-state index in [4.69, 9.17) is 4.74 Å². The van der Waals surface area contributed by atoms with Crippen molar-refractivity contribution in [3.8, 4) is 11.6 Å². The molecule has 0 spiro atoms. The molecule has 0 saturated heterocycles. The molecule has 4 rings (SSSR count). The van der Waals surface area contributed by atoms with Crippen LogP contribution < -0.4 is 10.3 Å². The number of rotatable bonds is 5. The van der Waals surface area contributed by atoms with Crippen LogP contribution in [0.3, 0.4) is 0 Å². The molecule has 140 valence electrons. The molecule has 0 fully saturated rings. The van der Waals surface area contributed by atoms with Crippen LogP contribution in [0, 0.1) is 0 Å². The fourth-order valence-corrected chi connectivity index (χ4v) is 3.75. The van der Waals surface area contributed by atoms with Gasteiger partial charge in [-0.3, -0.25) is 14.8 Å². The molecule has 0 bridgehead atoms. The van der Waals surface area contributed by atoms with Gasteiger partial charge >= 0.3 is 0 Å². The Bertz CT molecular complexity index is 960. The van der Waals surface area contributed by atoms with Crippen molar-refractivity contribution in [3.05, 3.63) is 75.8 Å². The molecule has 2 heterocycles. The monoisotopic (exact) mass is 364 g/mol. The number of hydrogen-bond donors (Lipinski definition) is 1. The summed E-state index contributed by atoms with van der Waals surface area (Å²) in [5, 5.41) is 3.25. The first-order chi connectivity index (χ1) is 13.2. The summed E-state index contributed by atoms with van der Waals surface area (Å²) in [4.78, 5) is 19.5. The second kappa shape index (κ2) is 7.40. The van der Waals surface area contributed by atoms with E-state index < -0.39 is 0 Å². The molecule has 0 radical (unpaired) electrons. The SMILES string of the molecule is COc1ccc(CN(C)C2CCc3[nH]n(-c4ccccn4)c(=O)c3C2)cc1. The Hall–Kier alpha value is -2.86. The second-order valence-electron chi connectivity index (χ2n) is 7.06. The van der Waals surface area contributed by atoms with Gasteiger partial charge < -0.3 is 4.74 Å². The van der Waals surface area contributed by atoms with Crippen LogP contribution in [-0.2, 0) is 19.4 Å². The van der Waals surface area contributed by atoms with Gasteiger partial charge in [0.1, 0.15) is 5.75 Å². The number of fused-ring (bicyclic) bond motifs is 1. The average Bonchev–Trinajstić information content (AvgIpc) is 3.05. The average molecular weight is 364 g/mol. The summed E-state index contributed by atoms with van der Waals surface area (Å²) in [5.41, 5.74) is 3.19. The molecule has 1 aliphatic rings. The topological polar surface area (TPSA) is 63.1 Å². The predicted molar refractivity (Wildman–Crippen MR) is 104 cm³/mol. The highest BCUT2D eigenvalue weighted by molar-refractivity contribution is 5.29. The fourth-order valence-electron chi connectivity index (χ4n) is 3.75. The highest BCUT2D eigenvalue weighted by Crippen LogP contribution is 2.23. The molecule has 0 amide bonds. The van der Waals surface area contributed by atoms with Gasteiger partial charge in [0.2, 0.25) is 0 Å². The van der Waals surface area contributed by atoms with Crippen LogP contribution in [0.25, 0.3) is 5.82 Å². The Balaban J connectivity index is 1.50. The van der Waals surface area contributed by atoms with Gasteiger partial charge in [-0.15, -0.1) is 0 Å². The summed E-state index contributed by atoms with van der Waals surface area (Å²) < 4.78 is 6.79. The van der Waals surface area contributed by atoms with Crippen LogP contribution in [0.4, 0.5) is 0 Å². The Morgan fingerprint density at radius 1 is 1.26 bits per heavy atom. The van der Waals surface area contributed by atoms with E-state index in [0.29, 0.717) is 11.9 Å². The first-order valence-corrected chi connectivity index (χ1v) is 9.23. The van der Waals surface area contributed by atoms with Crippen LogP contribution in [0.5, 0.6) is 5.75 Å². The van der Waals surface area contributed by atoms with Crippen molar-refractivity contribution >= 4 is 0 Å². The lowest BCUT2D eigenvalue weighted by Gasteiger charge is -2.30. The number of ether oxygens (including phenoxy) is 1. The number of H-pyrrole nitrogens is 1. The maximum absolute atomic E-state index is 12.9. The third-order valence-corrected chi connectivity index (χ3v) is 5.33. The van der Waals surface area contributed by atoms with E-state index in [1.807, 2.05) is 30.3 Å². The van der Waals surface area contributed by atoms with E-state index >= 15 is 0 Å². The number of likely N-dealkylation sites (N-methyl/N-ethyl adjacent to an activating group) is 1. The van der Waals surface area contributed by atoms with Gasteiger partial charge in [0.15, 0.2) is 5.82 Å². The molecule has 2 aromatic heterocycles. The van der Waals surface area contributed by atoms with Crippen LogP contribution >= 0.6 is 0 Å². The standard InChI is InChI=1S/C21H24N4O2/c1-24(14-15-6-9-17(27-2)10-7-15)16-8-11-19-18(13-16)21(26)25(23-19)20-5-3-4-12-22-20/h3-7,9-10,12,16,23H,8,11,13-14H2,1-2H3. The van der Waals surface area contributed by atoms with Gasteiger partial charge in [-0.2, -0.15) is 0 Å². The first-order valence-electron chi connectivity index (χ1n) is 9.23. The largest absolute Gasteiger partial charge is 0.497 e. The molecule has 1 N–H and O–H groups in total. The van der Waals surface area contributed by atoms with Crippen molar-refractivity contribution in [2.24, 2.45) is 0 Å². The molecule has 27 heavy (non-hydrogen) atoms. The van der Waals surface area contributed by atoms with E-state index in [1.54, 1.807) is 18.0 Å². The minimum atomic E-state index is 0.0197. The van der Waals surface area contributed by atoms with Gasteiger partial charge in [-0.1, -0.05) is 18.2 Å². The number of nitrogens with zero attached hydrogens (tertiary/aromatic N) is 3. The summed E-state index contributed by atoms with van der Waals surface area (Å²) >= 11 is 0. The summed E-state index contributed by atoms with van der Waals surface area (Å²) in [6, 6.07) is 14.1. The van der Waals surface area contributed by atoms with Crippen molar-refractivity contribution < 1.29 is 4.74 Å². The normalized spacial score (nSPS) is 16.3. The second-order valence-corrected chi connectivity index (χ2v) is 7.06. The van der Waals surface area contributed by atoms with Crippen molar-refractivity contribution in [1.82, 2.24) is 19.7 Å². The highest BCUT2D eigenvalue weighted by atomic mass is 16.5. The number of benzene rings is 1. The van der Waals surface area contributed by atoms with E-state index in [0.717, 1.165) is 42.8 Å². The molecule has 3 aromatic rings. The zero-order valence-corrected chi connectivity index (χ0v) is 15.7. The first kappa shape index (κ1) is 17.5. The molecule has 0 aliphatic heterocycles. The van der Waals surface area contributed by atoms with Crippen molar-refractivity contribution in [2.75, 3.05) is 14.2 Å². The minimum Gasteiger partial charge on any atom is -0.497 e. The number of methoxy groups -OCH3 is 1. The Morgan fingerprint density at radius 2 is 2.07 bits per heavy atom. The lowest BCUT2D eigenvalue weighted by atomic mass is 9.92. The third-order valence-electron chi connectivity index (χ3n) is 5.33. The molecule has 1 aromatic carbocycles. The molecular weight excluding hydrogens is 340 g/mol. The summed E-state index contributed by atoms with van der Waals surface area (Å²) in [6.45, 7) is 0.850. The third kappa shape index (κ3) is 3.53. The maximum Gasteiger partial charge on any atom is 0.276 e. The smallest absolute Gasteiger partial charge is 0.276 e. The molecule has 0 saturated carbocycles. The fraction of sp³-hybridized carbons (Fsp3) is 0.333. The number of aromatic nitrogens is 3. The number of hydrogen-bond acceptors (Lipinski definition) is 4. The maximum atomic E-state index is 12.9. The van der Waals surface area contributed by atoms with Gasteiger partial charge in [0.05, 0.1) is 7.11 Å². The number of nitrogens with one attached hydrogen (secondary N) is 1. The van der Waals surface area contributed by atoms with Crippen LogP contribution in [0.15, 0.2) is 53.5 Å². The summed E-state index contributed by atoms with van der Waals surface area (Å²) in [6.07, 6.45) is 4.37. The molecule has 6 heteroatoms. The number of aromatic amines is 1. The molecule has 1 aliphatic carbocycles. The minimum absolute atomic E-state index is 0.0197. The Morgan fingerprint density at radius 3 is 2.78 bits per heavy atom. The highest BCUT2D eigenvalue weighted by Gasteiger charge is 2.27. The lowest BCUT2D eigenvalue weighted by Crippen LogP contribution is -2.37. The zero-order chi connectivity index (χ0) is 18.8. The Kier molecular flexibility index (Phi) is 4.81. The van der Waals surface area contributed by atoms with Gasteiger partial charge in [0, 0.05) is 30.0 Å². The Labute approximate surface area is 158 Å². The quantitative estimate of drug-likeness (QED) is 0.756. The molecular formula is C21H24N4O2. The number of pyridine rings is 1. The van der Waals surface area contributed by atoms with E-state index in [1.165, 1.54) is 5.56 Å². The van der Waals surface area contributed by atoms with Gasteiger partial charge in [-0.25, -0.2) is 9.67 Å². The molecule has 1 unspecified atom stereocenters. The zero-order valence-electron chi connectivity index (χ0n) is 15.7. The van der Waals surface area contributed by atoms with Crippen molar-refractivity contribution in [3.63, 3.8) is 0 Å². The molecule has 1 atom stereocenters. The van der Waals surface area contributed by atoms with Crippen molar-refractivity contribution in [2.45, 2.75) is 31.8 Å². The van der Waals surface area contributed by atoms with E-state index in [9.17, 15) is 4.79 Å². The summed E-state index contributed by atoms with van der Waals surface area (Å²) in [7, 11) is 3.80. The van der Waals surface area contributed by atoms with Gasteiger partial charge in [0.25, 0.3) is 5.56 Å². The van der Waals surface area contributed by atoms with Crippen LogP contribution in [-0.4, -0.2) is 39.9 Å². The summed E-state index contributed by atoms with van der Waals surface area (Å²) in [5.74, 6) is 1.51. The molecule has 6 nitrogen and oxygen atoms in total. The van der Waals surface area contributed by atoms with E-state index in [-0.39, 0.29) is 5.56 Å². The number of aryl methyl sites for hydroxylation is 1. The van der Waals surface area contributed by atoms with Gasteiger partial charge in [-0.05, 0) is 56.1 Å². The predicted octanol–water partition coefficient (Wildman–Crippen LogP) is 2.56.